The zero-order valence-corrected chi connectivity index (χ0v) is 17.9. The zero-order chi connectivity index (χ0) is 22.5. The number of carbonyl (C=O) groups is 2. The number of hydrogen-bond donors (Lipinski definition) is 1. The van der Waals surface area contributed by atoms with Gasteiger partial charge in [0.05, 0.1) is 20.1 Å². The first-order valence-electron chi connectivity index (χ1n) is 10.6. The first-order chi connectivity index (χ1) is 15.5. The van der Waals surface area contributed by atoms with Gasteiger partial charge in [0, 0.05) is 17.3 Å². The highest BCUT2D eigenvalue weighted by molar-refractivity contribution is 6.06. The monoisotopic (exact) mass is 432 g/mol. The van der Waals surface area contributed by atoms with Crippen molar-refractivity contribution >= 4 is 17.5 Å². The molecule has 4 rings (SSSR count). The summed E-state index contributed by atoms with van der Waals surface area (Å²) >= 11 is 0. The number of hydrogen-bond acceptors (Lipinski definition) is 3. The largest absolute Gasteiger partial charge is 0.497 e. The Kier molecular flexibility index (Phi) is 6.50. The van der Waals surface area contributed by atoms with E-state index in [0.717, 1.165) is 29.7 Å². The van der Waals surface area contributed by atoms with Crippen LogP contribution in [0.5, 0.6) is 5.75 Å². The second-order valence-electron chi connectivity index (χ2n) is 7.93. The molecule has 1 N–H and O–H groups in total. The van der Waals surface area contributed by atoms with Gasteiger partial charge < -0.3 is 15.0 Å². The SMILES string of the molecule is COc1ccc(CN(C(=O)c2cccc(F)c2)c2ccc(CC(=O)NC3CC3)cc2)cc1. The van der Waals surface area contributed by atoms with Crippen molar-refractivity contribution in [1.29, 1.82) is 0 Å². The van der Waals surface area contributed by atoms with Crippen LogP contribution in [-0.2, 0) is 17.8 Å². The quantitative estimate of drug-likeness (QED) is 0.570. The highest BCUT2D eigenvalue weighted by Crippen LogP contribution is 2.23. The van der Waals surface area contributed by atoms with Gasteiger partial charge in [-0.2, -0.15) is 0 Å². The fraction of sp³-hybridized carbons (Fsp3) is 0.231. The van der Waals surface area contributed by atoms with Crippen LogP contribution in [0.25, 0.3) is 0 Å². The van der Waals surface area contributed by atoms with Crippen molar-refractivity contribution in [1.82, 2.24) is 5.32 Å². The number of methoxy groups -OCH3 is 1. The van der Waals surface area contributed by atoms with E-state index in [1.54, 1.807) is 18.1 Å². The van der Waals surface area contributed by atoms with E-state index in [2.05, 4.69) is 5.32 Å². The summed E-state index contributed by atoms with van der Waals surface area (Å²) in [5, 5.41) is 2.98. The van der Waals surface area contributed by atoms with Crippen LogP contribution in [0.1, 0.15) is 34.3 Å². The Balaban J connectivity index is 1.57. The highest BCUT2D eigenvalue weighted by Gasteiger charge is 2.23. The van der Waals surface area contributed by atoms with Crippen LogP contribution in [0, 0.1) is 5.82 Å². The van der Waals surface area contributed by atoms with E-state index in [4.69, 9.17) is 4.74 Å². The predicted octanol–water partition coefficient (Wildman–Crippen LogP) is 4.50. The summed E-state index contributed by atoms with van der Waals surface area (Å²) in [4.78, 5) is 27.0. The Labute approximate surface area is 186 Å². The van der Waals surface area contributed by atoms with Crippen LogP contribution in [0.15, 0.2) is 72.8 Å². The maximum atomic E-state index is 13.8. The Morgan fingerprint density at radius 2 is 1.69 bits per heavy atom. The molecule has 0 unspecified atom stereocenters. The van der Waals surface area contributed by atoms with Crippen LogP contribution in [0.3, 0.4) is 0 Å². The molecule has 1 fully saturated rings. The number of halogens is 1. The first kappa shape index (κ1) is 21.6. The topological polar surface area (TPSA) is 58.6 Å². The molecule has 1 aliphatic rings. The third-order valence-electron chi connectivity index (χ3n) is 5.37. The number of anilines is 1. The molecule has 0 spiro atoms. The minimum atomic E-state index is -0.461. The Morgan fingerprint density at radius 3 is 2.31 bits per heavy atom. The molecule has 164 valence electrons. The number of benzene rings is 3. The van der Waals surface area contributed by atoms with Gasteiger partial charge in [-0.1, -0.05) is 30.3 Å². The molecule has 3 aromatic rings. The van der Waals surface area contributed by atoms with E-state index in [1.807, 2.05) is 48.5 Å². The zero-order valence-electron chi connectivity index (χ0n) is 17.9. The number of nitrogens with one attached hydrogen (secondary N) is 1. The number of nitrogens with zero attached hydrogens (tertiary/aromatic N) is 1. The lowest BCUT2D eigenvalue weighted by atomic mass is 10.1. The van der Waals surface area contributed by atoms with Gasteiger partial charge in [0.25, 0.3) is 5.91 Å². The van der Waals surface area contributed by atoms with Crippen molar-refractivity contribution in [2.75, 3.05) is 12.0 Å². The van der Waals surface area contributed by atoms with Crippen molar-refractivity contribution in [3.8, 4) is 5.75 Å². The van der Waals surface area contributed by atoms with Gasteiger partial charge in [0.1, 0.15) is 11.6 Å². The van der Waals surface area contributed by atoms with Gasteiger partial charge >= 0.3 is 0 Å². The Bertz CT molecular complexity index is 1090. The van der Waals surface area contributed by atoms with E-state index in [9.17, 15) is 14.0 Å². The molecule has 0 saturated heterocycles. The van der Waals surface area contributed by atoms with E-state index < -0.39 is 5.82 Å². The fourth-order valence-corrected chi connectivity index (χ4v) is 3.46. The molecule has 0 atom stereocenters. The maximum absolute atomic E-state index is 13.8. The Morgan fingerprint density at radius 1 is 1.00 bits per heavy atom. The van der Waals surface area contributed by atoms with Crippen LogP contribution >= 0.6 is 0 Å². The lowest BCUT2D eigenvalue weighted by molar-refractivity contribution is -0.120. The third-order valence-corrected chi connectivity index (χ3v) is 5.37. The van der Waals surface area contributed by atoms with Gasteiger partial charge in [-0.25, -0.2) is 4.39 Å². The number of rotatable bonds is 8. The maximum Gasteiger partial charge on any atom is 0.258 e. The fourth-order valence-electron chi connectivity index (χ4n) is 3.46. The van der Waals surface area contributed by atoms with E-state index in [0.29, 0.717) is 24.7 Å². The van der Waals surface area contributed by atoms with Crippen LogP contribution in [0.4, 0.5) is 10.1 Å². The second kappa shape index (κ2) is 9.64. The van der Waals surface area contributed by atoms with Crippen molar-refractivity contribution in [3.05, 3.63) is 95.3 Å². The summed E-state index contributed by atoms with van der Waals surface area (Å²) in [6, 6.07) is 20.8. The van der Waals surface area contributed by atoms with Crippen molar-refractivity contribution in [3.63, 3.8) is 0 Å². The molecule has 1 saturated carbocycles. The highest BCUT2D eigenvalue weighted by atomic mass is 19.1. The van der Waals surface area contributed by atoms with Gasteiger partial charge in [0.15, 0.2) is 0 Å². The molecule has 1 aliphatic carbocycles. The molecular weight excluding hydrogens is 407 g/mol. The van der Waals surface area contributed by atoms with Crippen LogP contribution in [0.2, 0.25) is 0 Å². The minimum Gasteiger partial charge on any atom is -0.497 e. The summed E-state index contributed by atoms with van der Waals surface area (Å²) in [5.41, 5.74) is 2.71. The second-order valence-corrected chi connectivity index (χ2v) is 7.93. The molecular formula is C26H25FN2O3. The molecule has 2 amide bonds. The summed E-state index contributed by atoms with van der Waals surface area (Å²) in [5.74, 6) is -0.0337. The average molecular weight is 432 g/mol. The molecule has 6 heteroatoms. The smallest absolute Gasteiger partial charge is 0.258 e. The molecule has 0 aromatic heterocycles. The number of amides is 2. The van der Waals surface area contributed by atoms with Crippen LogP contribution < -0.4 is 15.0 Å². The molecule has 32 heavy (non-hydrogen) atoms. The van der Waals surface area contributed by atoms with Crippen molar-refractivity contribution in [2.24, 2.45) is 0 Å². The van der Waals surface area contributed by atoms with Crippen molar-refractivity contribution < 1.29 is 18.7 Å². The van der Waals surface area contributed by atoms with Gasteiger partial charge in [-0.15, -0.1) is 0 Å². The molecule has 0 heterocycles. The number of ether oxygens (including phenoxy) is 1. The predicted molar refractivity (Wildman–Crippen MR) is 121 cm³/mol. The molecule has 0 bridgehead atoms. The number of carbonyl (C=O) groups excluding carboxylic acids is 2. The normalized spacial score (nSPS) is 12.8. The standard InChI is InChI=1S/C26H25FN2O3/c1-32-24-13-7-19(8-14-24)17-29(26(31)20-3-2-4-21(27)16-20)23-11-5-18(6-12-23)15-25(30)28-22-9-10-22/h2-8,11-14,16,22H,9-10,15,17H2,1H3,(H,28,30). The van der Waals surface area contributed by atoms with E-state index in [1.165, 1.54) is 18.2 Å². The summed E-state index contributed by atoms with van der Waals surface area (Å²) in [6.07, 6.45) is 2.40. The lowest BCUT2D eigenvalue weighted by Gasteiger charge is -2.24. The van der Waals surface area contributed by atoms with Gasteiger partial charge in [-0.05, 0) is 66.4 Å². The van der Waals surface area contributed by atoms with Gasteiger partial charge in [0.2, 0.25) is 5.91 Å². The lowest BCUT2D eigenvalue weighted by Crippen LogP contribution is -2.30. The summed E-state index contributed by atoms with van der Waals surface area (Å²) in [7, 11) is 1.60. The van der Waals surface area contributed by atoms with Crippen LogP contribution in [-0.4, -0.2) is 25.0 Å². The van der Waals surface area contributed by atoms with E-state index >= 15 is 0 Å². The summed E-state index contributed by atoms with van der Waals surface area (Å²) in [6.45, 7) is 0.306. The first-order valence-corrected chi connectivity index (χ1v) is 10.6. The molecule has 0 aliphatic heterocycles. The minimum absolute atomic E-state index is 0.00572. The molecule has 3 aromatic carbocycles. The van der Waals surface area contributed by atoms with Crippen molar-refractivity contribution in [2.45, 2.75) is 31.8 Å². The third kappa shape index (κ3) is 5.52. The molecule has 0 radical (unpaired) electrons. The van der Waals surface area contributed by atoms with Gasteiger partial charge in [-0.3, -0.25) is 9.59 Å². The molecule has 5 nitrogen and oxygen atoms in total. The Hall–Kier alpha value is -3.67. The van der Waals surface area contributed by atoms with E-state index in [-0.39, 0.29) is 17.4 Å². The summed E-state index contributed by atoms with van der Waals surface area (Å²) < 4.78 is 19.0. The average Bonchev–Trinajstić information content (AvgIpc) is 3.62.